The number of hydroxylamine groups is 2. The van der Waals surface area contributed by atoms with Crippen LogP contribution in [0.1, 0.15) is 19.4 Å². The van der Waals surface area contributed by atoms with Crippen molar-refractivity contribution in [2.24, 2.45) is 0 Å². The Bertz CT molecular complexity index is 272. The van der Waals surface area contributed by atoms with Gasteiger partial charge in [0, 0.05) is 12.1 Å². The van der Waals surface area contributed by atoms with E-state index < -0.39 is 5.54 Å². The summed E-state index contributed by atoms with van der Waals surface area (Å²) < 4.78 is 0. The molecule has 0 saturated heterocycles. The van der Waals surface area contributed by atoms with Crippen LogP contribution in [0.15, 0.2) is 30.3 Å². The summed E-state index contributed by atoms with van der Waals surface area (Å²) in [7, 11) is 0. The van der Waals surface area contributed by atoms with Crippen molar-refractivity contribution < 1.29 is 5.11 Å². The summed E-state index contributed by atoms with van der Waals surface area (Å²) in [6, 6.07) is 9.51. The lowest BCUT2D eigenvalue weighted by atomic mass is 10.1. The van der Waals surface area contributed by atoms with Crippen LogP contribution in [-0.2, 0) is 6.54 Å². The van der Waals surface area contributed by atoms with Gasteiger partial charge in [-0.25, -0.2) is 0 Å². The first-order valence-electron chi connectivity index (χ1n) is 4.66. The molecule has 0 aliphatic carbocycles. The fourth-order valence-electron chi connectivity index (χ4n) is 1.04. The molecule has 0 fully saturated rings. The van der Waals surface area contributed by atoms with Crippen molar-refractivity contribution in [3.8, 4) is 0 Å². The van der Waals surface area contributed by atoms with Crippen LogP contribution in [0.3, 0.4) is 0 Å². The molecule has 1 aromatic rings. The Balaban J connectivity index is 2.62. The van der Waals surface area contributed by atoms with E-state index in [1.54, 1.807) is 13.8 Å². The molecule has 14 heavy (non-hydrogen) atoms. The zero-order chi connectivity index (χ0) is 10.6. The van der Waals surface area contributed by atoms with Gasteiger partial charge in [0.1, 0.15) is 0 Å². The molecule has 78 valence electrons. The normalized spacial score (nSPS) is 12.1. The van der Waals surface area contributed by atoms with Crippen LogP contribution in [0, 0.1) is 5.21 Å². The largest absolute Gasteiger partial charge is 0.784 e. The third-order valence-corrected chi connectivity index (χ3v) is 2.23. The van der Waals surface area contributed by atoms with Gasteiger partial charge in [-0.15, -0.1) is 0 Å². The monoisotopic (exact) mass is 194 g/mol. The Morgan fingerprint density at radius 2 is 1.86 bits per heavy atom. The summed E-state index contributed by atoms with van der Waals surface area (Å²) in [5.74, 6) is 0. The SMILES string of the molecule is CC(C)(CO)N([O-])Cc1ccccc1. The smallest absolute Gasteiger partial charge is 0.0601 e. The molecule has 3 heteroatoms. The average molecular weight is 194 g/mol. The van der Waals surface area contributed by atoms with Crippen LogP contribution in [0.5, 0.6) is 0 Å². The predicted octanol–water partition coefficient (Wildman–Crippen LogP) is 1.76. The van der Waals surface area contributed by atoms with E-state index in [0.717, 1.165) is 10.6 Å². The van der Waals surface area contributed by atoms with E-state index in [-0.39, 0.29) is 6.61 Å². The number of aliphatic hydroxyl groups is 1. The molecule has 3 nitrogen and oxygen atoms in total. The summed E-state index contributed by atoms with van der Waals surface area (Å²) in [5.41, 5.74) is 0.250. The van der Waals surface area contributed by atoms with Crippen LogP contribution >= 0.6 is 0 Å². The van der Waals surface area contributed by atoms with Gasteiger partial charge >= 0.3 is 0 Å². The maximum atomic E-state index is 11.6. The van der Waals surface area contributed by atoms with E-state index in [2.05, 4.69) is 0 Å². The van der Waals surface area contributed by atoms with Crippen molar-refractivity contribution >= 4 is 0 Å². The molecule has 0 aliphatic rings. The molecule has 0 saturated carbocycles. The van der Waals surface area contributed by atoms with Gasteiger partial charge in [0.15, 0.2) is 0 Å². The van der Waals surface area contributed by atoms with Gasteiger partial charge < -0.3 is 15.4 Å². The van der Waals surface area contributed by atoms with Gasteiger partial charge in [-0.05, 0) is 19.4 Å². The first kappa shape index (κ1) is 11.2. The first-order valence-corrected chi connectivity index (χ1v) is 4.66. The summed E-state index contributed by atoms with van der Waals surface area (Å²) in [5, 5.41) is 21.5. The van der Waals surface area contributed by atoms with E-state index >= 15 is 0 Å². The van der Waals surface area contributed by atoms with Crippen LogP contribution < -0.4 is 0 Å². The van der Waals surface area contributed by atoms with E-state index in [9.17, 15) is 5.21 Å². The van der Waals surface area contributed by atoms with Crippen molar-refractivity contribution in [1.29, 1.82) is 0 Å². The number of benzene rings is 1. The van der Waals surface area contributed by atoms with Gasteiger partial charge in [-0.3, -0.25) is 0 Å². The molecule has 1 aromatic carbocycles. The Hall–Kier alpha value is -0.900. The molecule has 0 aliphatic heterocycles. The van der Waals surface area contributed by atoms with Crippen molar-refractivity contribution in [2.45, 2.75) is 25.9 Å². The van der Waals surface area contributed by atoms with Crippen LogP contribution in [-0.4, -0.2) is 22.3 Å². The second kappa shape index (κ2) is 4.55. The minimum absolute atomic E-state index is 0.136. The van der Waals surface area contributed by atoms with Gasteiger partial charge in [-0.1, -0.05) is 30.3 Å². The predicted molar refractivity (Wildman–Crippen MR) is 56.5 cm³/mol. The lowest BCUT2D eigenvalue weighted by Gasteiger charge is -2.42. The molecular formula is C11H16NO2-. The van der Waals surface area contributed by atoms with Gasteiger partial charge in [0.25, 0.3) is 0 Å². The maximum absolute atomic E-state index is 11.6. The first-order chi connectivity index (χ1) is 6.56. The lowest BCUT2D eigenvalue weighted by Crippen LogP contribution is -2.42. The molecular weight excluding hydrogens is 178 g/mol. The Morgan fingerprint density at radius 3 is 2.36 bits per heavy atom. The molecule has 0 amide bonds. The van der Waals surface area contributed by atoms with Gasteiger partial charge in [0.2, 0.25) is 0 Å². The lowest BCUT2D eigenvalue weighted by molar-refractivity contribution is 0.0910. The average Bonchev–Trinajstić information content (AvgIpc) is 2.19. The maximum Gasteiger partial charge on any atom is 0.0601 e. The number of hydrogen-bond acceptors (Lipinski definition) is 3. The highest BCUT2D eigenvalue weighted by atomic mass is 16.5. The molecule has 1 N–H and O–H groups in total. The highest BCUT2D eigenvalue weighted by molar-refractivity contribution is 5.14. The summed E-state index contributed by atoms with van der Waals surface area (Å²) in [6.45, 7) is 3.63. The fourth-order valence-corrected chi connectivity index (χ4v) is 1.04. The fraction of sp³-hybridized carbons (Fsp3) is 0.455. The summed E-state index contributed by atoms with van der Waals surface area (Å²) in [6.07, 6.45) is 0. The highest BCUT2D eigenvalue weighted by Crippen LogP contribution is 2.15. The van der Waals surface area contributed by atoms with Gasteiger partial charge in [-0.2, -0.15) is 0 Å². The van der Waals surface area contributed by atoms with Crippen molar-refractivity contribution in [3.05, 3.63) is 41.1 Å². The number of rotatable bonds is 4. The third kappa shape index (κ3) is 2.80. The quantitative estimate of drug-likeness (QED) is 0.743. The van der Waals surface area contributed by atoms with E-state index in [4.69, 9.17) is 5.11 Å². The molecule has 0 heterocycles. The molecule has 0 unspecified atom stereocenters. The second-order valence-corrected chi connectivity index (χ2v) is 3.99. The number of nitrogens with zero attached hydrogens (tertiary/aromatic N) is 1. The summed E-state index contributed by atoms with van der Waals surface area (Å²) in [4.78, 5) is 0. The third-order valence-electron chi connectivity index (χ3n) is 2.23. The minimum atomic E-state index is -0.712. The standard InChI is InChI=1S/C11H16NO2/c1-11(2,9-13)12(14)8-10-6-4-3-5-7-10/h3-7,13H,8-9H2,1-2H3/q-1. The molecule has 0 bridgehead atoms. The Kier molecular flexibility index (Phi) is 3.63. The molecule has 0 aromatic heterocycles. The van der Waals surface area contributed by atoms with E-state index in [0.29, 0.717) is 6.54 Å². The van der Waals surface area contributed by atoms with Gasteiger partial charge in [0.05, 0.1) is 6.61 Å². The molecule has 0 radical (unpaired) electrons. The zero-order valence-electron chi connectivity index (χ0n) is 8.60. The molecule has 1 rings (SSSR count). The van der Waals surface area contributed by atoms with E-state index in [1.165, 1.54) is 0 Å². The summed E-state index contributed by atoms with van der Waals surface area (Å²) >= 11 is 0. The zero-order valence-corrected chi connectivity index (χ0v) is 8.60. The van der Waals surface area contributed by atoms with Crippen LogP contribution in [0.25, 0.3) is 0 Å². The topological polar surface area (TPSA) is 46.5 Å². The minimum Gasteiger partial charge on any atom is -0.784 e. The van der Waals surface area contributed by atoms with Crippen LogP contribution in [0.2, 0.25) is 0 Å². The molecule has 0 spiro atoms. The van der Waals surface area contributed by atoms with Crippen LogP contribution in [0.4, 0.5) is 0 Å². The van der Waals surface area contributed by atoms with E-state index in [1.807, 2.05) is 30.3 Å². The molecule has 0 atom stereocenters. The second-order valence-electron chi connectivity index (χ2n) is 3.99. The Morgan fingerprint density at radius 1 is 1.29 bits per heavy atom. The van der Waals surface area contributed by atoms with Crippen molar-refractivity contribution in [3.63, 3.8) is 0 Å². The van der Waals surface area contributed by atoms with Crippen molar-refractivity contribution in [1.82, 2.24) is 5.06 Å². The van der Waals surface area contributed by atoms with Crippen molar-refractivity contribution in [2.75, 3.05) is 6.61 Å². The highest BCUT2D eigenvalue weighted by Gasteiger charge is 2.17. The number of hydrogen-bond donors (Lipinski definition) is 1. The number of aliphatic hydroxyl groups excluding tert-OH is 1. The Labute approximate surface area is 84.6 Å².